The molecule has 5 heteroatoms. The van der Waals surface area contributed by atoms with Crippen molar-refractivity contribution in [1.29, 1.82) is 0 Å². The number of nitrogens with zero attached hydrogens (tertiary/aromatic N) is 2. The van der Waals surface area contributed by atoms with Gasteiger partial charge in [-0.15, -0.1) is 0 Å². The molecule has 0 bridgehead atoms. The number of thioether (sulfide) groups is 1. The lowest BCUT2D eigenvalue weighted by Gasteiger charge is -2.33. The van der Waals surface area contributed by atoms with Gasteiger partial charge in [-0.25, -0.2) is 0 Å². The van der Waals surface area contributed by atoms with Gasteiger partial charge in [0.2, 0.25) is 0 Å². The van der Waals surface area contributed by atoms with Crippen molar-refractivity contribution in [3.05, 3.63) is 0 Å². The molecule has 20 heavy (non-hydrogen) atoms. The van der Waals surface area contributed by atoms with Crippen LogP contribution in [0.5, 0.6) is 0 Å². The van der Waals surface area contributed by atoms with Gasteiger partial charge in [0.25, 0.3) is 0 Å². The summed E-state index contributed by atoms with van der Waals surface area (Å²) in [5.41, 5.74) is 0. The van der Waals surface area contributed by atoms with Crippen molar-refractivity contribution in [3.8, 4) is 0 Å². The minimum absolute atomic E-state index is 0.235. The Hall–Kier alpha value is -0.420. The lowest BCUT2D eigenvalue weighted by Crippen LogP contribution is -2.47. The highest BCUT2D eigenvalue weighted by molar-refractivity contribution is 7.99. The normalized spacial score (nSPS) is 21.9. The zero-order valence-corrected chi connectivity index (χ0v) is 14.6. The van der Waals surface area contributed by atoms with Crippen LogP contribution in [0.15, 0.2) is 4.99 Å². The van der Waals surface area contributed by atoms with Crippen molar-refractivity contribution in [3.63, 3.8) is 0 Å². The molecule has 0 aliphatic carbocycles. The Bertz CT molecular complexity index is 304. The van der Waals surface area contributed by atoms with Crippen molar-refractivity contribution in [2.75, 3.05) is 39.5 Å². The molecule has 0 amide bonds. The van der Waals surface area contributed by atoms with E-state index in [-0.39, 0.29) is 4.75 Å². The van der Waals surface area contributed by atoms with Crippen molar-refractivity contribution in [2.45, 2.75) is 50.8 Å². The quantitative estimate of drug-likeness (QED) is 0.582. The topological polar surface area (TPSA) is 39.7 Å². The maximum atomic E-state index is 4.29. The maximum absolute atomic E-state index is 4.29. The van der Waals surface area contributed by atoms with Gasteiger partial charge >= 0.3 is 0 Å². The predicted octanol–water partition coefficient (Wildman–Crippen LogP) is 2.17. The second-order valence-electron chi connectivity index (χ2n) is 6.20. The summed E-state index contributed by atoms with van der Waals surface area (Å²) in [6.45, 7) is 11.1. The average Bonchev–Trinajstić information content (AvgIpc) is 2.44. The highest BCUT2D eigenvalue weighted by Gasteiger charge is 2.18. The molecule has 0 saturated carbocycles. The Kier molecular flexibility index (Phi) is 7.74. The molecule has 1 atom stereocenters. The van der Waals surface area contributed by atoms with E-state index in [1.54, 1.807) is 0 Å². The van der Waals surface area contributed by atoms with Crippen molar-refractivity contribution in [2.24, 2.45) is 4.99 Å². The lowest BCUT2D eigenvalue weighted by molar-refractivity contribution is 0.163. The van der Waals surface area contributed by atoms with Crippen molar-refractivity contribution in [1.82, 2.24) is 15.5 Å². The molecule has 0 radical (unpaired) electrons. The standard InChI is InChI=1S/C15H32N4S/c1-13-8-6-7-10-19(13)11-9-17-14(16-4)18-12-15(2,3)20-5/h13H,6-12H2,1-5H3,(H2,16,17,18). The summed E-state index contributed by atoms with van der Waals surface area (Å²) in [6.07, 6.45) is 6.22. The number of guanidine groups is 1. The molecule has 1 aliphatic rings. The Morgan fingerprint density at radius 2 is 2.10 bits per heavy atom. The maximum Gasteiger partial charge on any atom is 0.191 e. The fraction of sp³-hybridized carbons (Fsp3) is 0.933. The minimum atomic E-state index is 0.235. The smallest absolute Gasteiger partial charge is 0.191 e. The molecule has 1 aliphatic heterocycles. The monoisotopic (exact) mass is 300 g/mol. The van der Waals surface area contributed by atoms with Crippen LogP contribution in [0.2, 0.25) is 0 Å². The van der Waals surface area contributed by atoms with Crippen LogP contribution in [0.3, 0.4) is 0 Å². The third-order valence-electron chi connectivity index (χ3n) is 4.09. The van der Waals surface area contributed by atoms with Gasteiger partial charge in [-0.3, -0.25) is 9.89 Å². The van der Waals surface area contributed by atoms with Gasteiger partial charge in [-0.05, 0) is 46.4 Å². The van der Waals surface area contributed by atoms with Crippen LogP contribution in [0, 0.1) is 0 Å². The van der Waals surface area contributed by atoms with Gasteiger partial charge in [0.05, 0.1) is 0 Å². The van der Waals surface area contributed by atoms with Crippen LogP contribution >= 0.6 is 11.8 Å². The molecule has 118 valence electrons. The third-order valence-corrected chi connectivity index (χ3v) is 5.34. The molecule has 2 N–H and O–H groups in total. The molecule has 0 aromatic rings. The largest absolute Gasteiger partial charge is 0.355 e. The molecular weight excluding hydrogens is 268 g/mol. The Labute approximate surface area is 129 Å². The second-order valence-corrected chi connectivity index (χ2v) is 7.71. The summed E-state index contributed by atoms with van der Waals surface area (Å²) in [6, 6.07) is 0.732. The van der Waals surface area contributed by atoms with Crippen molar-refractivity contribution >= 4 is 17.7 Å². The fourth-order valence-corrected chi connectivity index (χ4v) is 2.61. The van der Waals surface area contributed by atoms with Crippen LogP contribution in [-0.4, -0.2) is 61.1 Å². The molecule has 1 unspecified atom stereocenters. The van der Waals surface area contributed by atoms with E-state index < -0.39 is 0 Å². The van der Waals surface area contributed by atoms with Crippen LogP contribution < -0.4 is 10.6 Å². The molecule has 1 fully saturated rings. The number of aliphatic imine (C=N–C) groups is 1. The lowest BCUT2D eigenvalue weighted by atomic mass is 10.0. The van der Waals surface area contributed by atoms with Crippen LogP contribution in [0.4, 0.5) is 0 Å². The van der Waals surface area contributed by atoms with E-state index >= 15 is 0 Å². The first kappa shape index (κ1) is 17.6. The van der Waals surface area contributed by atoms with Gasteiger partial charge in [0.15, 0.2) is 5.96 Å². The highest BCUT2D eigenvalue weighted by atomic mass is 32.2. The average molecular weight is 301 g/mol. The number of nitrogens with one attached hydrogen (secondary N) is 2. The van der Waals surface area contributed by atoms with E-state index in [0.717, 1.165) is 31.6 Å². The Morgan fingerprint density at radius 1 is 1.35 bits per heavy atom. The summed E-state index contributed by atoms with van der Waals surface area (Å²) >= 11 is 1.87. The van der Waals surface area contributed by atoms with E-state index in [1.807, 2.05) is 18.8 Å². The second kappa shape index (κ2) is 8.78. The number of rotatable bonds is 6. The van der Waals surface area contributed by atoms with E-state index in [1.165, 1.54) is 25.8 Å². The van der Waals surface area contributed by atoms with E-state index in [9.17, 15) is 0 Å². The number of piperidine rings is 1. The Balaban J connectivity index is 2.24. The zero-order valence-electron chi connectivity index (χ0n) is 13.8. The SMILES string of the molecule is CN=C(NCCN1CCCCC1C)NCC(C)(C)SC. The number of hydrogen-bond donors (Lipinski definition) is 2. The zero-order chi connectivity index (χ0) is 15.0. The van der Waals surface area contributed by atoms with Gasteiger partial charge in [0.1, 0.15) is 0 Å². The van der Waals surface area contributed by atoms with E-state index in [2.05, 4.69) is 47.6 Å². The fourth-order valence-electron chi connectivity index (χ4n) is 2.40. The predicted molar refractivity (Wildman–Crippen MR) is 91.8 cm³/mol. The summed E-state index contributed by atoms with van der Waals surface area (Å²) in [5, 5.41) is 6.83. The summed E-state index contributed by atoms with van der Waals surface area (Å²) in [7, 11) is 1.84. The first-order valence-corrected chi connectivity index (χ1v) is 8.94. The molecule has 0 aromatic heterocycles. The Morgan fingerprint density at radius 3 is 2.70 bits per heavy atom. The molecule has 1 saturated heterocycles. The van der Waals surface area contributed by atoms with E-state index in [0.29, 0.717) is 0 Å². The summed E-state index contributed by atoms with van der Waals surface area (Å²) in [4.78, 5) is 6.87. The van der Waals surface area contributed by atoms with E-state index in [4.69, 9.17) is 0 Å². The number of likely N-dealkylation sites (tertiary alicyclic amines) is 1. The van der Waals surface area contributed by atoms with Gasteiger partial charge in [-0.2, -0.15) is 11.8 Å². The minimum Gasteiger partial charge on any atom is -0.355 e. The van der Waals surface area contributed by atoms with Crippen molar-refractivity contribution < 1.29 is 0 Å². The number of hydrogen-bond acceptors (Lipinski definition) is 3. The first-order valence-electron chi connectivity index (χ1n) is 7.72. The van der Waals surface area contributed by atoms with Crippen LogP contribution in [0.25, 0.3) is 0 Å². The molecule has 4 nitrogen and oxygen atoms in total. The first-order chi connectivity index (χ1) is 9.48. The summed E-state index contributed by atoms with van der Waals surface area (Å²) < 4.78 is 0.235. The third kappa shape index (κ3) is 6.35. The highest BCUT2D eigenvalue weighted by Crippen LogP contribution is 2.19. The molecule has 1 heterocycles. The molecule has 1 rings (SSSR count). The summed E-state index contributed by atoms with van der Waals surface area (Å²) in [5.74, 6) is 0.914. The molecule has 0 spiro atoms. The van der Waals surface area contributed by atoms with Gasteiger partial charge in [-0.1, -0.05) is 6.42 Å². The molecule has 0 aromatic carbocycles. The van der Waals surface area contributed by atoms with Crippen LogP contribution in [0.1, 0.15) is 40.0 Å². The van der Waals surface area contributed by atoms with Gasteiger partial charge in [0, 0.05) is 37.5 Å². The molecular formula is C15H32N4S. The van der Waals surface area contributed by atoms with Crippen LogP contribution in [-0.2, 0) is 0 Å². The van der Waals surface area contributed by atoms with Gasteiger partial charge < -0.3 is 10.6 Å².